The number of rotatable bonds is 14. The number of alkyl halides is 3. The number of carbonyl (C=O) groups is 3. The van der Waals surface area contributed by atoms with Crippen molar-refractivity contribution in [2.75, 3.05) is 7.11 Å². The lowest BCUT2D eigenvalue weighted by Gasteiger charge is -2.31. The van der Waals surface area contributed by atoms with Gasteiger partial charge in [-0.2, -0.15) is 0 Å². The molecule has 3 aromatic rings. The van der Waals surface area contributed by atoms with Gasteiger partial charge in [-0.25, -0.2) is 13.2 Å². The number of ketones is 1. The molecule has 0 aliphatic carbocycles. The van der Waals surface area contributed by atoms with Crippen LogP contribution in [0.15, 0.2) is 72.8 Å². The molecule has 1 unspecified atom stereocenters. The number of benzene rings is 3. The van der Waals surface area contributed by atoms with Crippen molar-refractivity contribution in [3.8, 4) is 11.5 Å². The van der Waals surface area contributed by atoms with Crippen LogP contribution in [-0.4, -0.2) is 43.0 Å². The van der Waals surface area contributed by atoms with Crippen LogP contribution in [0.1, 0.15) is 37.5 Å². The Kier molecular flexibility index (Phi) is 11.9. The van der Waals surface area contributed by atoms with E-state index < -0.39 is 47.9 Å². The van der Waals surface area contributed by atoms with E-state index in [2.05, 4.69) is 5.32 Å². The molecule has 230 valence electrons. The highest BCUT2D eigenvalue weighted by Gasteiger charge is 2.48. The number of hydrogen-bond donors (Lipinski definition) is 2. The summed E-state index contributed by atoms with van der Waals surface area (Å²) in [5.41, 5.74) is 1.09. The fourth-order valence-corrected chi connectivity index (χ4v) is 4.48. The molecule has 3 aromatic carbocycles. The average Bonchev–Trinajstić information content (AvgIpc) is 2.97. The van der Waals surface area contributed by atoms with Crippen molar-refractivity contribution >= 4 is 40.8 Å². The maximum absolute atomic E-state index is 15.5. The summed E-state index contributed by atoms with van der Waals surface area (Å²) in [4.78, 5) is 38.7. The largest absolute Gasteiger partial charge is 0.497 e. The van der Waals surface area contributed by atoms with E-state index in [1.807, 2.05) is 5.32 Å². The van der Waals surface area contributed by atoms with Crippen molar-refractivity contribution in [2.45, 2.75) is 51.1 Å². The lowest BCUT2D eigenvalue weighted by atomic mass is 9.95. The molecule has 2 amide bonds. The molecular weight excluding hydrogens is 608 g/mol. The molecular formula is C31H31Cl2F3N2O5. The van der Waals surface area contributed by atoms with Crippen LogP contribution in [0.5, 0.6) is 11.5 Å². The topological polar surface area (TPSA) is 93.7 Å². The number of Topliss-reactive ketones (excluding diaryl/α,β-unsaturated/α-hetero) is 1. The van der Waals surface area contributed by atoms with Crippen molar-refractivity contribution < 1.29 is 37.0 Å². The third-order valence-corrected chi connectivity index (χ3v) is 7.08. The van der Waals surface area contributed by atoms with Gasteiger partial charge >= 0.3 is 6.43 Å². The van der Waals surface area contributed by atoms with Gasteiger partial charge in [-0.3, -0.25) is 14.4 Å². The van der Waals surface area contributed by atoms with Gasteiger partial charge in [0.05, 0.1) is 13.5 Å². The molecule has 0 fully saturated rings. The lowest BCUT2D eigenvalue weighted by molar-refractivity contribution is -0.152. The fourth-order valence-electron chi connectivity index (χ4n) is 4.16. The molecule has 0 spiro atoms. The molecule has 0 bridgehead atoms. The Hall–Kier alpha value is -3.76. The van der Waals surface area contributed by atoms with Crippen molar-refractivity contribution in [3.63, 3.8) is 0 Å². The summed E-state index contributed by atoms with van der Waals surface area (Å²) < 4.78 is 53.3. The summed E-state index contributed by atoms with van der Waals surface area (Å²) in [6, 6.07) is 18.2. The van der Waals surface area contributed by atoms with Crippen LogP contribution in [0.25, 0.3) is 0 Å². The normalized spacial score (nSPS) is 14.0. The second-order valence-electron chi connectivity index (χ2n) is 10.0. The zero-order chi connectivity index (χ0) is 31.7. The highest BCUT2D eigenvalue weighted by Crippen LogP contribution is 2.29. The fraction of sp³-hybridized carbons (Fsp3) is 0.323. The number of carbonyl (C=O) groups excluding carboxylic acids is 3. The number of hydrogen-bond acceptors (Lipinski definition) is 5. The maximum atomic E-state index is 15.5. The Bertz CT molecular complexity index is 1410. The quantitative estimate of drug-likeness (QED) is 0.196. The van der Waals surface area contributed by atoms with E-state index in [0.717, 1.165) is 0 Å². The summed E-state index contributed by atoms with van der Waals surface area (Å²) in [7, 11) is 1.52. The molecule has 2 N–H and O–H groups in total. The summed E-state index contributed by atoms with van der Waals surface area (Å²) in [5, 5.41) is 5.18. The van der Waals surface area contributed by atoms with Crippen molar-refractivity contribution in [2.24, 2.45) is 5.92 Å². The third-order valence-electron chi connectivity index (χ3n) is 6.59. The van der Waals surface area contributed by atoms with E-state index in [1.54, 1.807) is 72.8 Å². The Labute approximate surface area is 257 Å². The van der Waals surface area contributed by atoms with Gasteiger partial charge in [0.2, 0.25) is 17.6 Å². The van der Waals surface area contributed by atoms with E-state index in [1.165, 1.54) is 21.0 Å². The predicted molar refractivity (Wildman–Crippen MR) is 157 cm³/mol. The van der Waals surface area contributed by atoms with Crippen LogP contribution in [0.4, 0.5) is 13.2 Å². The van der Waals surface area contributed by atoms with E-state index in [0.29, 0.717) is 32.7 Å². The zero-order valence-corrected chi connectivity index (χ0v) is 25.1. The molecule has 0 saturated heterocycles. The Balaban J connectivity index is 1.88. The Morgan fingerprint density at radius 1 is 0.907 bits per heavy atom. The standard InChI is InChI=1S/C31H31Cl2F3N2O5/c1-18(2)31(36,28(40)29(34)35)38-30(41)25(15-19-7-9-21(32)10-8-19)37-27(39)17-26(20-5-4-6-22(33)16-20)43-24-13-11-23(42-3)12-14-24/h4-14,16,18,25-26,29H,15,17H2,1-3H3,(H,37,39)(H,38,41)/t25-,26?,31+/m0/s1. The van der Waals surface area contributed by atoms with Crippen LogP contribution in [0, 0.1) is 5.92 Å². The molecule has 43 heavy (non-hydrogen) atoms. The summed E-state index contributed by atoms with van der Waals surface area (Å²) in [6.45, 7) is 2.36. The molecule has 0 aliphatic rings. The highest BCUT2D eigenvalue weighted by atomic mass is 35.5. The first-order valence-corrected chi connectivity index (χ1v) is 14.0. The van der Waals surface area contributed by atoms with Gasteiger partial charge in [0.25, 0.3) is 5.78 Å². The summed E-state index contributed by atoms with van der Waals surface area (Å²) >= 11 is 12.1. The van der Waals surface area contributed by atoms with Gasteiger partial charge in [0.15, 0.2) is 0 Å². The molecule has 3 atom stereocenters. The van der Waals surface area contributed by atoms with Crippen molar-refractivity contribution in [3.05, 3.63) is 94.0 Å². The minimum atomic E-state index is -3.66. The van der Waals surface area contributed by atoms with Gasteiger partial charge in [-0.05, 0) is 59.7 Å². The summed E-state index contributed by atoms with van der Waals surface area (Å²) in [6.07, 6.45) is -5.00. The first-order chi connectivity index (χ1) is 20.3. The third kappa shape index (κ3) is 9.36. The minimum absolute atomic E-state index is 0.160. The molecule has 0 aliphatic heterocycles. The lowest BCUT2D eigenvalue weighted by Crippen LogP contribution is -2.61. The second-order valence-corrected chi connectivity index (χ2v) is 10.9. The van der Waals surface area contributed by atoms with E-state index in [9.17, 15) is 23.2 Å². The van der Waals surface area contributed by atoms with Gasteiger partial charge in [-0.15, -0.1) is 0 Å². The van der Waals surface area contributed by atoms with Gasteiger partial charge in [-0.1, -0.05) is 61.3 Å². The Morgan fingerprint density at radius 2 is 1.53 bits per heavy atom. The van der Waals surface area contributed by atoms with Crippen LogP contribution in [-0.2, 0) is 20.8 Å². The molecule has 0 radical (unpaired) electrons. The van der Waals surface area contributed by atoms with E-state index in [-0.39, 0.29) is 12.8 Å². The number of halogens is 5. The maximum Gasteiger partial charge on any atom is 0.301 e. The average molecular weight is 639 g/mol. The van der Waals surface area contributed by atoms with E-state index in [4.69, 9.17) is 32.7 Å². The van der Waals surface area contributed by atoms with Crippen LogP contribution < -0.4 is 20.1 Å². The number of methoxy groups -OCH3 is 1. The van der Waals surface area contributed by atoms with Crippen molar-refractivity contribution in [1.29, 1.82) is 0 Å². The van der Waals surface area contributed by atoms with Crippen LogP contribution in [0.3, 0.4) is 0 Å². The van der Waals surface area contributed by atoms with E-state index >= 15 is 4.39 Å². The second kappa shape index (κ2) is 15.1. The minimum Gasteiger partial charge on any atom is -0.497 e. The smallest absolute Gasteiger partial charge is 0.301 e. The number of amides is 2. The highest BCUT2D eigenvalue weighted by molar-refractivity contribution is 6.30. The SMILES string of the molecule is COc1ccc(OC(CC(=O)N[C@@H](Cc2ccc(Cl)cc2)C(=O)N[C@@](F)(C(=O)C(F)F)C(C)C)c2cccc(Cl)c2)cc1. The number of ether oxygens (including phenoxy) is 2. The Morgan fingerprint density at radius 3 is 2.09 bits per heavy atom. The number of nitrogens with one attached hydrogen (secondary N) is 2. The van der Waals surface area contributed by atoms with Gasteiger partial charge < -0.3 is 20.1 Å². The molecule has 7 nitrogen and oxygen atoms in total. The molecule has 0 saturated carbocycles. The van der Waals surface area contributed by atoms with Gasteiger partial charge in [0.1, 0.15) is 23.6 Å². The first kappa shape index (κ1) is 33.7. The first-order valence-electron chi connectivity index (χ1n) is 13.3. The molecule has 12 heteroatoms. The van der Waals surface area contributed by atoms with Crippen molar-refractivity contribution in [1.82, 2.24) is 10.6 Å². The van der Waals surface area contributed by atoms with Gasteiger partial charge in [0, 0.05) is 22.4 Å². The zero-order valence-electron chi connectivity index (χ0n) is 23.6. The monoisotopic (exact) mass is 638 g/mol. The molecule has 0 heterocycles. The molecule has 0 aromatic heterocycles. The molecule has 3 rings (SSSR count). The van der Waals surface area contributed by atoms with Crippen LogP contribution in [0.2, 0.25) is 10.0 Å². The van der Waals surface area contributed by atoms with Crippen LogP contribution >= 0.6 is 23.2 Å². The summed E-state index contributed by atoms with van der Waals surface area (Å²) in [5.74, 6) is -7.61. The predicted octanol–water partition coefficient (Wildman–Crippen LogP) is 6.51.